The highest BCUT2D eigenvalue weighted by atomic mass is 127. The molecule has 0 aliphatic carbocycles. The molecule has 33 heavy (non-hydrogen) atoms. The number of para-hydroxylation sites is 1. The highest BCUT2D eigenvalue weighted by Crippen LogP contribution is 2.15. The van der Waals surface area contributed by atoms with Crippen molar-refractivity contribution < 1.29 is 9.32 Å². The molecule has 0 bridgehead atoms. The van der Waals surface area contributed by atoms with Crippen LogP contribution in [0.2, 0.25) is 0 Å². The van der Waals surface area contributed by atoms with Crippen LogP contribution in [0.3, 0.4) is 0 Å². The lowest BCUT2D eigenvalue weighted by atomic mass is 10.2. The van der Waals surface area contributed by atoms with Crippen molar-refractivity contribution in [2.24, 2.45) is 4.99 Å². The van der Waals surface area contributed by atoms with Crippen LogP contribution in [0.25, 0.3) is 0 Å². The number of benzene rings is 1. The van der Waals surface area contributed by atoms with E-state index in [1.54, 1.807) is 6.26 Å². The minimum atomic E-state index is 0. The van der Waals surface area contributed by atoms with Gasteiger partial charge < -0.3 is 24.5 Å². The second kappa shape index (κ2) is 12.8. The molecule has 3 heterocycles. The van der Waals surface area contributed by atoms with Gasteiger partial charge in [0, 0.05) is 77.2 Å². The van der Waals surface area contributed by atoms with Gasteiger partial charge in [-0.05, 0) is 19.1 Å². The molecule has 2 aliphatic rings. The first-order chi connectivity index (χ1) is 15.7. The first-order valence-electron chi connectivity index (χ1n) is 11.5. The lowest BCUT2D eigenvalue weighted by molar-refractivity contribution is -0.129. The van der Waals surface area contributed by atoms with Gasteiger partial charge in [-0.3, -0.25) is 9.69 Å². The van der Waals surface area contributed by atoms with Crippen LogP contribution >= 0.6 is 24.0 Å². The van der Waals surface area contributed by atoms with E-state index < -0.39 is 0 Å². The molecule has 2 aliphatic heterocycles. The molecule has 1 N–H and O–H groups in total. The van der Waals surface area contributed by atoms with Gasteiger partial charge >= 0.3 is 0 Å². The summed E-state index contributed by atoms with van der Waals surface area (Å²) in [4.78, 5) is 26.3. The number of halogens is 1. The molecule has 180 valence electrons. The van der Waals surface area contributed by atoms with Crippen molar-refractivity contribution >= 4 is 41.5 Å². The maximum atomic E-state index is 12.8. The van der Waals surface area contributed by atoms with Crippen LogP contribution < -0.4 is 10.2 Å². The largest absolute Gasteiger partial charge is 0.368 e. The number of guanidine groups is 1. The molecule has 0 saturated carbocycles. The zero-order chi connectivity index (χ0) is 22.2. The fourth-order valence-electron chi connectivity index (χ4n) is 4.19. The number of carbonyl (C=O) groups is 1. The third-order valence-corrected chi connectivity index (χ3v) is 6.00. The maximum Gasteiger partial charge on any atom is 0.244 e. The lowest BCUT2D eigenvalue weighted by Gasteiger charge is -2.37. The Hall–Kier alpha value is -2.34. The van der Waals surface area contributed by atoms with Crippen LogP contribution in [-0.2, 0) is 11.3 Å². The molecule has 1 amide bonds. The third kappa shape index (κ3) is 7.07. The number of aliphatic imine (C=N–C) groups is 1. The average Bonchev–Trinajstić information content (AvgIpc) is 3.36. The van der Waals surface area contributed by atoms with E-state index >= 15 is 0 Å². The fourth-order valence-corrected chi connectivity index (χ4v) is 4.19. The first-order valence-corrected chi connectivity index (χ1v) is 11.5. The number of carbonyl (C=O) groups excluding carboxylic acids is 1. The molecule has 2 aromatic rings. The molecular weight excluding hydrogens is 533 g/mol. The van der Waals surface area contributed by atoms with Gasteiger partial charge in [-0.2, -0.15) is 0 Å². The number of anilines is 1. The van der Waals surface area contributed by atoms with Crippen LogP contribution in [0.1, 0.15) is 12.6 Å². The van der Waals surface area contributed by atoms with E-state index in [1.165, 1.54) is 5.69 Å². The molecule has 9 nitrogen and oxygen atoms in total. The predicted octanol–water partition coefficient (Wildman–Crippen LogP) is 1.72. The summed E-state index contributed by atoms with van der Waals surface area (Å²) >= 11 is 0. The summed E-state index contributed by atoms with van der Waals surface area (Å²) in [5.74, 6) is 0.919. The summed E-state index contributed by atoms with van der Waals surface area (Å²) < 4.78 is 4.93. The third-order valence-electron chi connectivity index (χ3n) is 6.00. The fraction of sp³-hybridized carbons (Fsp3) is 0.522. The molecule has 1 aromatic heterocycles. The topological polar surface area (TPSA) is 80.5 Å². The molecule has 10 heteroatoms. The second-order valence-electron chi connectivity index (χ2n) is 8.13. The van der Waals surface area contributed by atoms with Gasteiger partial charge in [-0.15, -0.1) is 24.0 Å². The molecule has 0 spiro atoms. The predicted molar refractivity (Wildman–Crippen MR) is 140 cm³/mol. The summed E-state index contributed by atoms with van der Waals surface area (Å²) in [6.07, 6.45) is 1.61. The molecule has 0 radical (unpaired) electrons. The molecular formula is C23H34IN7O2. The molecule has 2 fully saturated rings. The van der Waals surface area contributed by atoms with Crippen molar-refractivity contribution in [2.75, 3.05) is 70.3 Å². The summed E-state index contributed by atoms with van der Waals surface area (Å²) in [7, 11) is 0. The van der Waals surface area contributed by atoms with Crippen molar-refractivity contribution in [1.82, 2.24) is 25.2 Å². The lowest BCUT2D eigenvalue weighted by Crippen LogP contribution is -2.53. The molecule has 2 saturated heterocycles. The molecule has 0 atom stereocenters. The number of piperazine rings is 2. The summed E-state index contributed by atoms with van der Waals surface area (Å²) in [6, 6.07) is 12.3. The van der Waals surface area contributed by atoms with Crippen molar-refractivity contribution in [3.05, 3.63) is 48.4 Å². The van der Waals surface area contributed by atoms with E-state index in [4.69, 9.17) is 4.52 Å². The quantitative estimate of drug-likeness (QED) is 0.324. The maximum absolute atomic E-state index is 12.8. The number of nitrogens with zero attached hydrogens (tertiary/aromatic N) is 6. The van der Waals surface area contributed by atoms with Crippen molar-refractivity contribution in [1.29, 1.82) is 0 Å². The van der Waals surface area contributed by atoms with Gasteiger partial charge in [-0.25, -0.2) is 4.99 Å². The molecule has 0 unspecified atom stereocenters. The monoisotopic (exact) mass is 567 g/mol. The SMILES string of the molecule is CCNC(=NCC(=O)N1CCN(c2ccccc2)CC1)N1CCN(Cc2ccon2)CC1.I. The minimum Gasteiger partial charge on any atom is -0.368 e. The number of aromatic nitrogens is 1. The Labute approximate surface area is 212 Å². The van der Waals surface area contributed by atoms with Crippen molar-refractivity contribution in [3.8, 4) is 0 Å². The highest BCUT2D eigenvalue weighted by Gasteiger charge is 2.23. The van der Waals surface area contributed by atoms with Crippen LogP contribution in [0.15, 0.2) is 52.2 Å². The van der Waals surface area contributed by atoms with E-state index in [0.29, 0.717) is 0 Å². The Morgan fingerprint density at radius 1 is 1.00 bits per heavy atom. The Balaban J connectivity index is 0.00000306. The van der Waals surface area contributed by atoms with Gasteiger partial charge in [0.1, 0.15) is 12.8 Å². The van der Waals surface area contributed by atoms with Gasteiger partial charge in [0.2, 0.25) is 5.91 Å². The Kier molecular flexibility index (Phi) is 9.79. The Morgan fingerprint density at radius 3 is 2.33 bits per heavy atom. The van der Waals surface area contributed by atoms with Gasteiger partial charge in [0.15, 0.2) is 5.96 Å². The van der Waals surface area contributed by atoms with Crippen LogP contribution in [0, 0.1) is 0 Å². The normalized spacial score (nSPS) is 17.6. The van der Waals surface area contributed by atoms with Gasteiger partial charge in [0.25, 0.3) is 0 Å². The zero-order valence-corrected chi connectivity index (χ0v) is 21.6. The van der Waals surface area contributed by atoms with E-state index in [0.717, 1.165) is 77.1 Å². The Bertz CT molecular complexity index is 862. The smallest absolute Gasteiger partial charge is 0.244 e. The summed E-state index contributed by atoms with van der Waals surface area (Å²) in [5, 5.41) is 7.35. The number of nitrogens with one attached hydrogen (secondary N) is 1. The number of hydrogen-bond acceptors (Lipinski definition) is 6. The Morgan fingerprint density at radius 2 is 1.70 bits per heavy atom. The van der Waals surface area contributed by atoms with Gasteiger partial charge in [-0.1, -0.05) is 23.4 Å². The van der Waals surface area contributed by atoms with Crippen molar-refractivity contribution in [2.45, 2.75) is 13.5 Å². The standard InChI is InChI=1S/C23H33N7O2.HI/c1-2-24-23(30-11-9-27(10-12-30)19-20-8-17-32-26-20)25-18-22(31)29-15-13-28(14-16-29)21-6-4-3-5-7-21;/h3-8,17H,2,9-16,18-19H2,1H3,(H,24,25);1H. The van der Waals surface area contributed by atoms with Crippen LogP contribution in [0.5, 0.6) is 0 Å². The minimum absolute atomic E-state index is 0. The van der Waals surface area contributed by atoms with E-state index in [2.05, 4.69) is 61.4 Å². The summed E-state index contributed by atoms with van der Waals surface area (Å²) in [5.41, 5.74) is 2.17. The first kappa shape index (κ1) is 25.3. The van der Waals surface area contributed by atoms with E-state index in [9.17, 15) is 4.79 Å². The molecule has 4 rings (SSSR count). The van der Waals surface area contributed by atoms with E-state index in [-0.39, 0.29) is 36.4 Å². The zero-order valence-electron chi connectivity index (χ0n) is 19.2. The van der Waals surface area contributed by atoms with E-state index in [1.807, 2.05) is 17.0 Å². The molecule has 1 aromatic carbocycles. The summed E-state index contributed by atoms with van der Waals surface area (Å²) in [6.45, 7) is 10.6. The second-order valence-corrected chi connectivity index (χ2v) is 8.13. The van der Waals surface area contributed by atoms with Gasteiger partial charge in [0.05, 0.1) is 5.69 Å². The van der Waals surface area contributed by atoms with Crippen LogP contribution in [0.4, 0.5) is 5.69 Å². The van der Waals surface area contributed by atoms with Crippen LogP contribution in [-0.4, -0.2) is 97.2 Å². The average molecular weight is 567 g/mol. The number of amides is 1. The highest BCUT2D eigenvalue weighted by molar-refractivity contribution is 14.0. The number of rotatable bonds is 6. The number of hydrogen-bond donors (Lipinski definition) is 1. The van der Waals surface area contributed by atoms with Crippen molar-refractivity contribution in [3.63, 3.8) is 0 Å².